The maximum atomic E-state index is 12.9. The second-order valence-electron chi connectivity index (χ2n) is 8.24. The summed E-state index contributed by atoms with van der Waals surface area (Å²) in [6.07, 6.45) is 9.27. The van der Waals surface area contributed by atoms with Gasteiger partial charge in [0.2, 0.25) is 5.78 Å². The minimum atomic E-state index is -0.532. The van der Waals surface area contributed by atoms with E-state index in [0.717, 1.165) is 44.5 Å². The van der Waals surface area contributed by atoms with Crippen LogP contribution < -0.4 is 11.5 Å². The summed E-state index contributed by atoms with van der Waals surface area (Å²) in [6, 6.07) is 7.90. The van der Waals surface area contributed by atoms with E-state index in [2.05, 4.69) is 6.92 Å². The number of carbonyl (C=O) groups is 2. The number of nitrogens with two attached hydrogens (primary N) is 2. The first-order chi connectivity index (χ1) is 16.1. The number of benzene rings is 1. The summed E-state index contributed by atoms with van der Waals surface area (Å²) in [5.41, 5.74) is 16.2. The van der Waals surface area contributed by atoms with Gasteiger partial charge in [-0.1, -0.05) is 51.2 Å². The van der Waals surface area contributed by atoms with Crippen LogP contribution in [0.15, 0.2) is 41.2 Å². The zero-order chi connectivity index (χ0) is 23.4. The van der Waals surface area contributed by atoms with Gasteiger partial charge in [-0.15, -0.1) is 22.7 Å². The summed E-state index contributed by atoms with van der Waals surface area (Å²) in [7, 11) is 0. The lowest BCUT2D eigenvalue weighted by atomic mass is 9.95. The molecule has 4 rings (SSSR count). The van der Waals surface area contributed by atoms with Crippen LogP contribution in [0.2, 0.25) is 0 Å². The number of nitrogen functional groups attached to an aromatic ring is 2. The number of carbonyl (C=O) groups excluding carboxylic acids is 2. The fraction of sp³-hybridized carbons (Fsp3) is 0.308. The maximum absolute atomic E-state index is 12.9. The molecule has 3 heterocycles. The van der Waals surface area contributed by atoms with E-state index in [0.29, 0.717) is 29.9 Å². The molecule has 0 unspecified atom stereocenters. The minimum Gasteiger partial charge on any atom is -0.396 e. The first-order valence-electron chi connectivity index (χ1n) is 11.4. The molecule has 7 heteroatoms. The normalized spacial score (nSPS) is 11.3. The number of unbranched alkanes of at least 4 members (excludes halogenated alkanes) is 5. The first-order valence-corrected chi connectivity index (χ1v) is 13.1. The number of aryl methyl sites for hydroxylation is 1. The molecule has 0 aliphatic heterocycles. The van der Waals surface area contributed by atoms with E-state index in [1.807, 2.05) is 45.8 Å². The lowest BCUT2D eigenvalue weighted by molar-refractivity contribution is -0.104. The molecule has 0 amide bonds. The number of hydrogen-bond donors (Lipinski definition) is 2. The average Bonchev–Trinajstić information content (AvgIpc) is 3.58. The number of rotatable bonds is 11. The van der Waals surface area contributed by atoms with Crippen LogP contribution in [0.5, 0.6) is 0 Å². The number of ketones is 1. The Labute approximate surface area is 202 Å². The van der Waals surface area contributed by atoms with Crippen molar-refractivity contribution in [2.75, 3.05) is 11.5 Å². The largest absolute Gasteiger partial charge is 0.396 e. The molecule has 4 N–H and O–H groups in total. The lowest BCUT2D eigenvalue weighted by Gasteiger charge is -2.15. The van der Waals surface area contributed by atoms with Crippen molar-refractivity contribution >= 4 is 56.9 Å². The Bertz CT molecular complexity index is 1260. The number of hydrogen-bond acceptors (Lipinski definition) is 6. The summed E-state index contributed by atoms with van der Waals surface area (Å²) in [5, 5.41) is 5.55. The van der Waals surface area contributed by atoms with Gasteiger partial charge in [-0.05, 0) is 29.3 Å². The molecule has 0 aliphatic rings. The highest BCUT2D eigenvalue weighted by Crippen LogP contribution is 2.49. The quantitative estimate of drug-likeness (QED) is 0.0796. The van der Waals surface area contributed by atoms with E-state index in [4.69, 9.17) is 11.5 Å². The predicted molar refractivity (Wildman–Crippen MR) is 141 cm³/mol. The van der Waals surface area contributed by atoms with Gasteiger partial charge < -0.3 is 16.0 Å². The second-order valence-corrected chi connectivity index (χ2v) is 10.1. The number of fused-ring (bicyclic) bond motifs is 1. The Kier molecular flexibility index (Phi) is 7.30. The minimum absolute atomic E-state index is 0.404. The van der Waals surface area contributed by atoms with Crippen LogP contribution in [0.1, 0.15) is 55.9 Å². The number of anilines is 2. The Balaban J connectivity index is 1.92. The number of Topliss-reactive ketones (excluding diaryl/α,β-unsaturated/α-hetero) is 1. The Hall–Kier alpha value is -2.90. The Morgan fingerprint density at radius 3 is 2.15 bits per heavy atom. The molecule has 0 atom stereocenters. The molecule has 0 spiro atoms. The van der Waals surface area contributed by atoms with Gasteiger partial charge in [-0.2, -0.15) is 0 Å². The summed E-state index contributed by atoms with van der Waals surface area (Å²) in [4.78, 5) is 26.6. The third-order valence-corrected chi connectivity index (χ3v) is 7.83. The molecule has 172 valence electrons. The standard InChI is InChI=1S/C26H29N3O2S2/c1-2-3-4-5-6-7-12-29-15-17-21(19-10-8-13-32-19)24(27)25(28)23(20-11-9-14-33-20)22(17)26(29)18(31)16-30/h8-11,13-16H,2-7,12,27-28H2,1H3. The van der Waals surface area contributed by atoms with Crippen molar-refractivity contribution in [2.24, 2.45) is 0 Å². The molecule has 1 aromatic carbocycles. The van der Waals surface area contributed by atoms with Crippen LogP contribution in [0.3, 0.4) is 0 Å². The van der Waals surface area contributed by atoms with Gasteiger partial charge in [-0.3, -0.25) is 9.59 Å². The van der Waals surface area contributed by atoms with Crippen LogP contribution in [0.4, 0.5) is 11.4 Å². The average molecular weight is 480 g/mol. The third-order valence-electron chi connectivity index (χ3n) is 6.05. The Morgan fingerprint density at radius 2 is 1.55 bits per heavy atom. The van der Waals surface area contributed by atoms with Gasteiger partial charge in [0.05, 0.1) is 11.4 Å². The number of thiophene rings is 2. The van der Waals surface area contributed by atoms with E-state index in [9.17, 15) is 9.59 Å². The topological polar surface area (TPSA) is 91.1 Å². The van der Waals surface area contributed by atoms with Gasteiger partial charge in [-0.25, -0.2) is 0 Å². The van der Waals surface area contributed by atoms with Gasteiger partial charge in [0.1, 0.15) is 5.69 Å². The third kappa shape index (κ3) is 4.48. The molecule has 5 nitrogen and oxygen atoms in total. The van der Waals surface area contributed by atoms with Crippen molar-refractivity contribution in [3.05, 3.63) is 46.9 Å². The van der Waals surface area contributed by atoms with Crippen LogP contribution >= 0.6 is 22.7 Å². The van der Waals surface area contributed by atoms with Gasteiger partial charge in [0.25, 0.3) is 0 Å². The molecule has 33 heavy (non-hydrogen) atoms. The fourth-order valence-corrected chi connectivity index (χ4v) is 6.06. The van der Waals surface area contributed by atoms with E-state index in [1.165, 1.54) is 25.7 Å². The van der Waals surface area contributed by atoms with Crippen molar-refractivity contribution in [2.45, 2.75) is 52.0 Å². The molecule has 0 saturated heterocycles. The number of aldehydes is 1. The fourth-order valence-electron chi connectivity index (χ4n) is 4.47. The molecule has 3 aromatic heterocycles. The molecular weight excluding hydrogens is 450 g/mol. The zero-order valence-electron chi connectivity index (χ0n) is 18.8. The van der Waals surface area contributed by atoms with Crippen LogP contribution in [-0.4, -0.2) is 16.6 Å². The molecule has 0 fully saturated rings. The van der Waals surface area contributed by atoms with Crippen molar-refractivity contribution in [1.29, 1.82) is 0 Å². The van der Waals surface area contributed by atoms with Crippen LogP contribution in [-0.2, 0) is 11.3 Å². The first kappa shape index (κ1) is 23.3. The van der Waals surface area contributed by atoms with E-state index < -0.39 is 5.78 Å². The van der Waals surface area contributed by atoms with Crippen molar-refractivity contribution in [1.82, 2.24) is 4.57 Å². The van der Waals surface area contributed by atoms with Crippen LogP contribution in [0.25, 0.3) is 31.7 Å². The SMILES string of the molecule is CCCCCCCCn1cc2c(-c3cccs3)c(N)c(N)c(-c3cccs3)c2c1C(=O)C=O. The second kappa shape index (κ2) is 10.4. The van der Waals surface area contributed by atoms with Gasteiger partial charge in [0.15, 0.2) is 6.29 Å². The highest BCUT2D eigenvalue weighted by Gasteiger charge is 2.27. The van der Waals surface area contributed by atoms with Gasteiger partial charge in [0, 0.05) is 44.4 Å². The predicted octanol–water partition coefficient (Wildman–Crippen LogP) is 7.00. The highest BCUT2D eigenvalue weighted by atomic mass is 32.1. The van der Waals surface area contributed by atoms with E-state index >= 15 is 0 Å². The van der Waals surface area contributed by atoms with Crippen molar-refractivity contribution < 1.29 is 9.59 Å². The molecule has 0 aliphatic carbocycles. The monoisotopic (exact) mass is 479 g/mol. The highest BCUT2D eigenvalue weighted by molar-refractivity contribution is 7.14. The molecule has 0 saturated carbocycles. The van der Waals surface area contributed by atoms with Gasteiger partial charge >= 0.3 is 0 Å². The number of nitrogens with zero attached hydrogens (tertiary/aromatic N) is 1. The molecule has 0 radical (unpaired) electrons. The zero-order valence-corrected chi connectivity index (χ0v) is 20.4. The van der Waals surface area contributed by atoms with Crippen molar-refractivity contribution in [3.8, 4) is 20.9 Å². The van der Waals surface area contributed by atoms with E-state index in [-0.39, 0.29) is 0 Å². The molecule has 0 bridgehead atoms. The maximum Gasteiger partial charge on any atom is 0.242 e. The van der Waals surface area contributed by atoms with E-state index in [1.54, 1.807) is 22.7 Å². The van der Waals surface area contributed by atoms with Crippen molar-refractivity contribution in [3.63, 3.8) is 0 Å². The molecular formula is C26H29N3O2S2. The smallest absolute Gasteiger partial charge is 0.242 e. The Morgan fingerprint density at radius 1 is 0.939 bits per heavy atom. The molecule has 4 aromatic rings. The number of aromatic nitrogens is 1. The summed E-state index contributed by atoms with van der Waals surface area (Å²) in [5.74, 6) is -0.532. The van der Waals surface area contributed by atoms with Crippen LogP contribution in [0, 0.1) is 0 Å². The summed E-state index contributed by atoms with van der Waals surface area (Å²) in [6.45, 7) is 2.87. The lowest BCUT2D eigenvalue weighted by Crippen LogP contribution is -2.11. The summed E-state index contributed by atoms with van der Waals surface area (Å²) < 4.78 is 1.94. The summed E-state index contributed by atoms with van der Waals surface area (Å²) >= 11 is 3.12.